The van der Waals surface area contributed by atoms with Gasteiger partial charge in [0.2, 0.25) is 0 Å². The Bertz CT molecular complexity index is 1630. The Morgan fingerprint density at radius 1 is 0.769 bits per heavy atom. The van der Waals surface area contributed by atoms with E-state index in [2.05, 4.69) is 139 Å². The molecule has 190 valence electrons. The molecule has 2 heterocycles. The first-order chi connectivity index (χ1) is 19.2. The van der Waals surface area contributed by atoms with Gasteiger partial charge in [-0.3, -0.25) is 0 Å². The molecule has 4 unspecified atom stereocenters. The standard InChI is InChI=1S/C37H31NO/c1-37-21-11-10-18-34(37)38(32-20-19-31-30-16-8-9-17-33(30)39-36(31)35(32)37)29-23-27(25-12-4-2-5-13-25)22-28(24-29)26-14-6-3-7-15-26/h2-8,10-16,18-24,32,34-35H,9,17H2,1H3. The summed E-state index contributed by atoms with van der Waals surface area (Å²) in [6.07, 6.45) is 20.6. The quantitative estimate of drug-likeness (QED) is 0.276. The molecule has 3 aromatic carbocycles. The Kier molecular flexibility index (Phi) is 5.00. The van der Waals surface area contributed by atoms with Gasteiger partial charge in [-0.2, -0.15) is 0 Å². The van der Waals surface area contributed by atoms with Crippen LogP contribution in [0.4, 0.5) is 5.69 Å². The van der Waals surface area contributed by atoms with Gasteiger partial charge in [-0.25, -0.2) is 0 Å². The summed E-state index contributed by atoms with van der Waals surface area (Å²) in [6, 6.07) is 29.0. The molecule has 2 nitrogen and oxygen atoms in total. The van der Waals surface area contributed by atoms with Crippen molar-refractivity contribution < 1.29 is 4.42 Å². The summed E-state index contributed by atoms with van der Waals surface area (Å²) < 4.78 is 6.74. The maximum absolute atomic E-state index is 6.74. The number of benzene rings is 3. The highest BCUT2D eigenvalue weighted by atomic mass is 16.3. The lowest BCUT2D eigenvalue weighted by Gasteiger charge is -2.36. The molecule has 3 aliphatic carbocycles. The van der Waals surface area contributed by atoms with E-state index in [-0.39, 0.29) is 23.4 Å². The summed E-state index contributed by atoms with van der Waals surface area (Å²) in [6.45, 7) is 2.43. The molecule has 0 amide bonds. The van der Waals surface area contributed by atoms with Crippen molar-refractivity contribution in [2.45, 2.75) is 37.8 Å². The fourth-order valence-corrected chi connectivity index (χ4v) is 7.37. The van der Waals surface area contributed by atoms with Crippen molar-refractivity contribution in [2.75, 3.05) is 4.90 Å². The number of rotatable bonds is 3. The van der Waals surface area contributed by atoms with Crippen LogP contribution in [-0.4, -0.2) is 12.1 Å². The second-order valence-corrected chi connectivity index (χ2v) is 11.4. The van der Waals surface area contributed by atoms with Gasteiger partial charge in [0.25, 0.3) is 0 Å². The Morgan fingerprint density at radius 2 is 1.49 bits per heavy atom. The van der Waals surface area contributed by atoms with Gasteiger partial charge in [0.1, 0.15) is 11.5 Å². The first-order valence-corrected chi connectivity index (χ1v) is 14.1. The van der Waals surface area contributed by atoms with E-state index in [4.69, 9.17) is 4.42 Å². The first kappa shape index (κ1) is 22.7. The lowest BCUT2D eigenvalue weighted by Crippen LogP contribution is -2.39. The van der Waals surface area contributed by atoms with E-state index < -0.39 is 0 Å². The average Bonchev–Trinajstić information content (AvgIpc) is 3.50. The predicted molar refractivity (Wildman–Crippen MR) is 162 cm³/mol. The van der Waals surface area contributed by atoms with Crippen LogP contribution in [0.25, 0.3) is 34.4 Å². The van der Waals surface area contributed by atoms with Gasteiger partial charge < -0.3 is 9.32 Å². The smallest absolute Gasteiger partial charge is 0.118 e. The van der Waals surface area contributed by atoms with E-state index in [1.54, 1.807) is 0 Å². The third-order valence-corrected chi connectivity index (χ3v) is 9.21. The molecule has 2 heteroatoms. The first-order valence-electron chi connectivity index (χ1n) is 14.1. The normalized spacial score (nSPS) is 25.8. The molecule has 0 N–H and O–H groups in total. The SMILES string of the molecule is CC12C=CC=CC1N(c1cc(-c3ccccc3)cc(-c3ccccc3)c1)C1C=Cc3c(oc4c3C=CCC4)C12. The number of hydrogen-bond donors (Lipinski definition) is 0. The lowest BCUT2D eigenvalue weighted by atomic mass is 9.68. The Labute approximate surface area is 230 Å². The minimum atomic E-state index is -0.0846. The number of aryl methyl sites for hydroxylation is 1. The number of fused-ring (bicyclic) bond motifs is 7. The summed E-state index contributed by atoms with van der Waals surface area (Å²) in [7, 11) is 0. The molecule has 1 fully saturated rings. The van der Waals surface area contributed by atoms with Gasteiger partial charge in [0.05, 0.1) is 18.0 Å². The fraction of sp³-hybridized carbons (Fsp3) is 0.189. The molecule has 1 aromatic heterocycles. The Morgan fingerprint density at radius 3 is 2.21 bits per heavy atom. The van der Waals surface area contributed by atoms with Crippen LogP contribution in [0.3, 0.4) is 0 Å². The minimum Gasteiger partial charge on any atom is -0.464 e. The van der Waals surface area contributed by atoms with Crippen molar-refractivity contribution in [3.63, 3.8) is 0 Å². The number of nitrogens with zero attached hydrogens (tertiary/aromatic N) is 1. The number of furan rings is 1. The van der Waals surface area contributed by atoms with Crippen molar-refractivity contribution in [3.8, 4) is 22.3 Å². The molecule has 39 heavy (non-hydrogen) atoms. The van der Waals surface area contributed by atoms with Gasteiger partial charge >= 0.3 is 0 Å². The fourth-order valence-electron chi connectivity index (χ4n) is 7.37. The summed E-state index contributed by atoms with van der Waals surface area (Å²) in [5.41, 5.74) is 8.70. The molecule has 4 atom stereocenters. The molecule has 8 rings (SSSR count). The maximum atomic E-state index is 6.74. The van der Waals surface area contributed by atoms with Crippen molar-refractivity contribution in [3.05, 3.63) is 138 Å². The topological polar surface area (TPSA) is 16.4 Å². The van der Waals surface area contributed by atoms with Gasteiger partial charge in [0, 0.05) is 28.7 Å². The van der Waals surface area contributed by atoms with Crippen LogP contribution >= 0.6 is 0 Å². The second kappa shape index (κ2) is 8.61. The van der Waals surface area contributed by atoms with E-state index in [1.807, 2.05) is 0 Å². The molecule has 4 aromatic rings. The Hall–Kier alpha value is -4.30. The van der Waals surface area contributed by atoms with Crippen LogP contribution in [0.1, 0.15) is 41.9 Å². The van der Waals surface area contributed by atoms with Gasteiger partial charge in [-0.15, -0.1) is 0 Å². The summed E-state index contributed by atoms with van der Waals surface area (Å²) >= 11 is 0. The van der Waals surface area contributed by atoms with Crippen LogP contribution in [0.2, 0.25) is 0 Å². The Balaban J connectivity index is 1.32. The largest absolute Gasteiger partial charge is 0.464 e. The third-order valence-electron chi connectivity index (χ3n) is 9.21. The van der Waals surface area contributed by atoms with E-state index in [9.17, 15) is 0 Å². The van der Waals surface area contributed by atoms with E-state index in [0.29, 0.717) is 0 Å². The minimum absolute atomic E-state index is 0.0846. The number of anilines is 1. The molecule has 0 saturated carbocycles. The molecular formula is C37H31NO. The van der Waals surface area contributed by atoms with Crippen molar-refractivity contribution in [1.82, 2.24) is 0 Å². The molecule has 0 spiro atoms. The van der Waals surface area contributed by atoms with Crippen LogP contribution in [0.5, 0.6) is 0 Å². The highest BCUT2D eigenvalue weighted by Gasteiger charge is 2.57. The zero-order valence-corrected chi connectivity index (χ0v) is 22.1. The molecule has 0 bridgehead atoms. The second-order valence-electron chi connectivity index (χ2n) is 11.4. The van der Waals surface area contributed by atoms with Gasteiger partial charge in [-0.1, -0.05) is 116 Å². The average molecular weight is 506 g/mol. The monoisotopic (exact) mass is 505 g/mol. The number of hydrogen-bond acceptors (Lipinski definition) is 2. The van der Waals surface area contributed by atoms with Crippen molar-refractivity contribution >= 4 is 17.8 Å². The van der Waals surface area contributed by atoms with Crippen molar-refractivity contribution in [2.24, 2.45) is 5.41 Å². The van der Waals surface area contributed by atoms with E-state index >= 15 is 0 Å². The lowest BCUT2D eigenvalue weighted by molar-refractivity contribution is 0.312. The van der Waals surface area contributed by atoms with E-state index in [1.165, 1.54) is 39.1 Å². The molecule has 1 aliphatic heterocycles. The van der Waals surface area contributed by atoms with Crippen molar-refractivity contribution in [1.29, 1.82) is 0 Å². The van der Waals surface area contributed by atoms with Crippen LogP contribution < -0.4 is 4.90 Å². The predicted octanol–water partition coefficient (Wildman–Crippen LogP) is 9.07. The highest BCUT2D eigenvalue weighted by molar-refractivity contribution is 5.81. The van der Waals surface area contributed by atoms with Crippen LogP contribution in [-0.2, 0) is 6.42 Å². The summed E-state index contributed by atoms with van der Waals surface area (Å²) in [4.78, 5) is 2.65. The maximum Gasteiger partial charge on any atom is 0.118 e. The van der Waals surface area contributed by atoms with Gasteiger partial charge in [-0.05, 0) is 46.9 Å². The van der Waals surface area contributed by atoms with Gasteiger partial charge in [0.15, 0.2) is 0 Å². The van der Waals surface area contributed by atoms with Crippen LogP contribution in [0.15, 0.2) is 120 Å². The van der Waals surface area contributed by atoms with E-state index in [0.717, 1.165) is 24.4 Å². The number of allylic oxidation sites excluding steroid dienone is 3. The molecule has 4 aliphatic rings. The summed E-state index contributed by atoms with van der Waals surface area (Å²) in [5, 5.41) is 0. The molecule has 0 radical (unpaired) electrons. The molecular weight excluding hydrogens is 474 g/mol. The summed E-state index contributed by atoms with van der Waals surface area (Å²) in [5.74, 6) is 2.55. The third kappa shape index (κ3) is 3.41. The zero-order chi connectivity index (χ0) is 26.0. The molecule has 1 saturated heterocycles. The highest BCUT2D eigenvalue weighted by Crippen LogP contribution is 2.59. The zero-order valence-electron chi connectivity index (χ0n) is 22.1. The van der Waals surface area contributed by atoms with Crippen LogP contribution in [0, 0.1) is 5.41 Å².